The molecule has 3 rings (SSSR count). The first-order valence-corrected chi connectivity index (χ1v) is 9.80. The minimum absolute atomic E-state index is 0.134. The molecule has 0 radical (unpaired) electrons. The van der Waals surface area contributed by atoms with E-state index in [1.807, 2.05) is 12.1 Å². The van der Waals surface area contributed by atoms with Gasteiger partial charge >= 0.3 is 0 Å². The van der Waals surface area contributed by atoms with Crippen molar-refractivity contribution in [2.45, 2.75) is 4.90 Å². The van der Waals surface area contributed by atoms with Crippen molar-refractivity contribution in [2.24, 2.45) is 4.99 Å². The van der Waals surface area contributed by atoms with Gasteiger partial charge in [-0.2, -0.15) is 0 Å². The summed E-state index contributed by atoms with van der Waals surface area (Å²) in [5, 5.41) is 0. The third kappa shape index (κ3) is 4.47. The summed E-state index contributed by atoms with van der Waals surface area (Å²) in [5.41, 5.74) is 1.75. The summed E-state index contributed by atoms with van der Waals surface area (Å²) in [6.07, 6.45) is 4.65. The number of anilines is 1. The van der Waals surface area contributed by atoms with Crippen LogP contribution in [0, 0.1) is 0 Å². The van der Waals surface area contributed by atoms with Gasteiger partial charge in [-0.05, 0) is 48.5 Å². The summed E-state index contributed by atoms with van der Waals surface area (Å²) in [6.45, 7) is 0. The zero-order chi connectivity index (χ0) is 20.0. The fourth-order valence-electron chi connectivity index (χ4n) is 2.51. The second kappa shape index (κ2) is 8.53. The third-order valence-corrected chi connectivity index (χ3v) is 5.24. The van der Waals surface area contributed by atoms with Crippen molar-refractivity contribution < 1.29 is 17.9 Å². The van der Waals surface area contributed by atoms with Gasteiger partial charge in [0.15, 0.2) is 11.5 Å². The Morgan fingerprint density at radius 3 is 2.43 bits per heavy atom. The molecule has 1 heterocycles. The number of sulfonamides is 1. The Hall–Kier alpha value is -3.39. The van der Waals surface area contributed by atoms with E-state index in [4.69, 9.17) is 9.47 Å². The van der Waals surface area contributed by atoms with E-state index in [0.717, 1.165) is 5.56 Å². The first kappa shape index (κ1) is 19.4. The number of pyridine rings is 1. The Morgan fingerprint density at radius 1 is 1.00 bits per heavy atom. The summed E-state index contributed by atoms with van der Waals surface area (Å²) in [7, 11) is -0.569. The van der Waals surface area contributed by atoms with Crippen molar-refractivity contribution in [1.82, 2.24) is 4.98 Å². The zero-order valence-corrected chi connectivity index (χ0v) is 16.2. The van der Waals surface area contributed by atoms with Gasteiger partial charge in [-0.3, -0.25) is 14.7 Å². The largest absolute Gasteiger partial charge is 0.493 e. The molecule has 0 atom stereocenters. The molecule has 1 aromatic heterocycles. The number of hydrogen-bond donors (Lipinski definition) is 1. The predicted molar refractivity (Wildman–Crippen MR) is 108 cm³/mol. The van der Waals surface area contributed by atoms with Gasteiger partial charge in [-0.15, -0.1) is 0 Å². The average molecular weight is 397 g/mol. The van der Waals surface area contributed by atoms with Crippen LogP contribution in [0.2, 0.25) is 0 Å². The Labute approximate surface area is 163 Å². The number of rotatable bonds is 7. The molecule has 0 saturated heterocycles. The molecule has 0 aliphatic rings. The van der Waals surface area contributed by atoms with E-state index in [2.05, 4.69) is 14.7 Å². The smallest absolute Gasteiger partial charge is 0.261 e. The van der Waals surface area contributed by atoms with Crippen molar-refractivity contribution in [2.75, 3.05) is 18.9 Å². The lowest BCUT2D eigenvalue weighted by Crippen LogP contribution is -2.12. The molecular weight excluding hydrogens is 378 g/mol. The van der Waals surface area contributed by atoms with Crippen molar-refractivity contribution in [1.29, 1.82) is 0 Å². The SMILES string of the molecule is COc1cccc(C=Nc2ccc(S(=O)(=O)Nc3cccnc3)cc2)c1OC. The molecule has 0 saturated carbocycles. The van der Waals surface area contributed by atoms with Crippen LogP contribution < -0.4 is 14.2 Å². The highest BCUT2D eigenvalue weighted by atomic mass is 32.2. The number of ether oxygens (including phenoxy) is 2. The highest BCUT2D eigenvalue weighted by Crippen LogP contribution is 2.30. The van der Waals surface area contributed by atoms with E-state index < -0.39 is 10.0 Å². The maximum absolute atomic E-state index is 12.4. The number of benzene rings is 2. The van der Waals surface area contributed by atoms with Gasteiger partial charge in [-0.25, -0.2) is 8.42 Å². The second-order valence-electron chi connectivity index (χ2n) is 5.68. The molecule has 0 unspecified atom stereocenters. The number of aromatic nitrogens is 1. The molecule has 0 aliphatic carbocycles. The lowest BCUT2D eigenvalue weighted by molar-refractivity contribution is 0.354. The summed E-state index contributed by atoms with van der Waals surface area (Å²) in [6, 6.07) is 15.0. The number of hydrogen-bond acceptors (Lipinski definition) is 6. The van der Waals surface area contributed by atoms with Gasteiger partial charge in [0, 0.05) is 18.0 Å². The van der Waals surface area contributed by atoms with Gasteiger partial charge in [0.25, 0.3) is 10.0 Å². The van der Waals surface area contributed by atoms with Crippen molar-refractivity contribution in [3.63, 3.8) is 0 Å². The van der Waals surface area contributed by atoms with Crippen molar-refractivity contribution >= 4 is 27.6 Å². The molecule has 3 aromatic rings. The minimum atomic E-state index is -3.70. The molecule has 7 nitrogen and oxygen atoms in total. The molecule has 28 heavy (non-hydrogen) atoms. The van der Waals surface area contributed by atoms with Crippen LogP contribution in [0.25, 0.3) is 0 Å². The molecule has 8 heteroatoms. The van der Waals surface area contributed by atoms with Crippen LogP contribution in [-0.2, 0) is 10.0 Å². The molecule has 0 bridgehead atoms. The van der Waals surface area contributed by atoms with Crippen LogP contribution in [0.1, 0.15) is 5.56 Å². The Morgan fingerprint density at radius 2 is 1.79 bits per heavy atom. The summed E-state index contributed by atoms with van der Waals surface area (Å²) in [4.78, 5) is 8.41. The standard InChI is InChI=1S/C20H19N3O4S/c1-26-19-7-3-5-15(20(19)27-2)13-22-16-8-10-18(11-9-16)28(24,25)23-17-6-4-12-21-14-17/h3-14,23H,1-2H3. The van der Waals surface area contributed by atoms with Gasteiger partial charge < -0.3 is 9.47 Å². The van der Waals surface area contributed by atoms with E-state index in [0.29, 0.717) is 22.9 Å². The number of nitrogens with zero attached hydrogens (tertiary/aromatic N) is 2. The van der Waals surface area contributed by atoms with E-state index >= 15 is 0 Å². The van der Waals surface area contributed by atoms with E-state index in [1.54, 1.807) is 57.0 Å². The molecule has 0 amide bonds. The van der Waals surface area contributed by atoms with E-state index in [1.165, 1.54) is 18.3 Å². The Kier molecular flexibility index (Phi) is 5.90. The zero-order valence-electron chi connectivity index (χ0n) is 15.4. The van der Waals surface area contributed by atoms with Crippen LogP contribution in [0.15, 0.2) is 76.9 Å². The van der Waals surface area contributed by atoms with E-state index in [9.17, 15) is 8.42 Å². The van der Waals surface area contributed by atoms with Crippen LogP contribution in [0.3, 0.4) is 0 Å². The summed E-state index contributed by atoms with van der Waals surface area (Å²) < 4.78 is 38.0. The van der Waals surface area contributed by atoms with Crippen LogP contribution >= 0.6 is 0 Å². The molecule has 0 fully saturated rings. The van der Waals surface area contributed by atoms with Crippen LogP contribution in [0.4, 0.5) is 11.4 Å². The fraction of sp³-hybridized carbons (Fsp3) is 0.100. The van der Waals surface area contributed by atoms with Gasteiger partial charge in [0.2, 0.25) is 0 Å². The maximum atomic E-state index is 12.4. The average Bonchev–Trinajstić information content (AvgIpc) is 2.72. The predicted octanol–water partition coefficient (Wildman–Crippen LogP) is 3.65. The Balaban J connectivity index is 1.79. The molecule has 0 aliphatic heterocycles. The Bertz CT molecular complexity index is 1070. The fourth-order valence-corrected chi connectivity index (χ4v) is 3.55. The number of methoxy groups -OCH3 is 2. The maximum Gasteiger partial charge on any atom is 0.261 e. The number of aliphatic imine (C=N–C) groups is 1. The first-order valence-electron chi connectivity index (χ1n) is 8.31. The molecule has 144 valence electrons. The topological polar surface area (TPSA) is 89.9 Å². The monoisotopic (exact) mass is 397 g/mol. The highest BCUT2D eigenvalue weighted by Gasteiger charge is 2.14. The van der Waals surface area contributed by atoms with Gasteiger partial charge in [-0.1, -0.05) is 6.07 Å². The van der Waals surface area contributed by atoms with Gasteiger partial charge in [0.05, 0.1) is 36.7 Å². The van der Waals surface area contributed by atoms with Crippen LogP contribution in [0.5, 0.6) is 11.5 Å². The molecule has 0 spiro atoms. The number of para-hydroxylation sites is 1. The minimum Gasteiger partial charge on any atom is -0.493 e. The molecule has 2 aromatic carbocycles. The first-order chi connectivity index (χ1) is 13.5. The molecule has 1 N–H and O–H groups in total. The number of nitrogens with one attached hydrogen (secondary N) is 1. The van der Waals surface area contributed by atoms with E-state index in [-0.39, 0.29) is 4.90 Å². The van der Waals surface area contributed by atoms with Crippen molar-refractivity contribution in [3.05, 3.63) is 72.6 Å². The summed E-state index contributed by atoms with van der Waals surface area (Å²) in [5.74, 6) is 1.18. The van der Waals surface area contributed by atoms with Crippen LogP contribution in [-0.4, -0.2) is 33.8 Å². The van der Waals surface area contributed by atoms with Crippen molar-refractivity contribution in [3.8, 4) is 11.5 Å². The lowest BCUT2D eigenvalue weighted by atomic mass is 10.2. The van der Waals surface area contributed by atoms with Gasteiger partial charge in [0.1, 0.15) is 0 Å². The lowest BCUT2D eigenvalue weighted by Gasteiger charge is -2.09. The summed E-state index contributed by atoms with van der Waals surface area (Å²) >= 11 is 0. The highest BCUT2D eigenvalue weighted by molar-refractivity contribution is 7.92. The molecular formula is C20H19N3O4S. The second-order valence-corrected chi connectivity index (χ2v) is 7.36. The quantitative estimate of drug-likeness (QED) is 0.615. The normalized spacial score (nSPS) is 11.4. The third-order valence-electron chi connectivity index (χ3n) is 3.85.